The van der Waals surface area contributed by atoms with E-state index in [1.54, 1.807) is 0 Å². The molecular weight excluding hydrogens is 599 g/mol. The number of halogens is 10. The number of aromatic nitrogens is 4. The molecule has 1 saturated carbocycles. The normalized spacial score (nSPS) is 15.8. The van der Waals surface area contributed by atoms with Crippen LogP contribution in [0.4, 0.5) is 39.5 Å². The van der Waals surface area contributed by atoms with Crippen LogP contribution in [0.25, 0.3) is 16.9 Å². The summed E-state index contributed by atoms with van der Waals surface area (Å²) in [4.78, 5) is 12.7. The van der Waals surface area contributed by atoms with Gasteiger partial charge in [-0.05, 0) is 31.9 Å². The fourth-order valence-electron chi connectivity index (χ4n) is 3.68. The van der Waals surface area contributed by atoms with Crippen molar-refractivity contribution < 1.29 is 49.0 Å². The molecule has 1 aliphatic carbocycles. The Kier molecular flexibility index (Phi) is 7.22. The zero-order valence-electron chi connectivity index (χ0n) is 20.6. The number of aryl methyl sites for hydroxylation is 1. The minimum atomic E-state index is -5.51. The number of carbonyl (C=O) groups excluding carboxylic acids is 1. The number of carbonyl (C=O) groups is 1. The first-order valence-corrected chi connectivity index (χ1v) is 11.7. The van der Waals surface area contributed by atoms with E-state index in [9.17, 15) is 49.6 Å². The Hall–Kier alpha value is -3.94. The fraction of sp³-hybridized carbons (Fsp3) is 0.391. The predicted molar refractivity (Wildman–Crippen MR) is 122 cm³/mol. The lowest BCUT2D eigenvalue weighted by Crippen LogP contribution is -2.42. The minimum absolute atomic E-state index is 0.0247. The van der Waals surface area contributed by atoms with E-state index in [2.05, 4.69) is 20.3 Å². The third-order valence-electron chi connectivity index (χ3n) is 6.22. The van der Waals surface area contributed by atoms with Crippen molar-refractivity contribution in [3.05, 3.63) is 46.5 Å². The summed E-state index contributed by atoms with van der Waals surface area (Å²) in [5.41, 5.74) is -3.90. The Labute approximate surface area is 229 Å². The topological polar surface area (TPSA) is 97.8 Å². The van der Waals surface area contributed by atoms with E-state index in [0.717, 1.165) is 31.6 Å². The maximum absolute atomic E-state index is 14.8. The molecule has 220 valence electrons. The van der Waals surface area contributed by atoms with Crippen LogP contribution in [0.2, 0.25) is 5.02 Å². The van der Waals surface area contributed by atoms with Crippen molar-refractivity contribution in [2.24, 2.45) is 13.0 Å². The van der Waals surface area contributed by atoms with Crippen molar-refractivity contribution in [1.29, 1.82) is 5.26 Å². The van der Waals surface area contributed by atoms with Crippen LogP contribution in [0.15, 0.2) is 24.5 Å². The molecule has 18 heteroatoms. The number of hydrogen-bond acceptors (Lipinski definition) is 5. The number of rotatable bonds is 7. The van der Waals surface area contributed by atoms with Crippen molar-refractivity contribution in [1.82, 2.24) is 24.9 Å². The Balaban J connectivity index is 1.75. The van der Waals surface area contributed by atoms with Gasteiger partial charge in [-0.3, -0.25) is 4.79 Å². The molecule has 1 amide bonds. The summed E-state index contributed by atoms with van der Waals surface area (Å²) in [7, 11) is 0.859. The molecule has 1 unspecified atom stereocenters. The molecule has 1 aromatic carbocycles. The number of alkyl halides is 8. The van der Waals surface area contributed by atoms with Gasteiger partial charge >= 0.3 is 18.5 Å². The molecule has 8 nitrogen and oxygen atoms in total. The monoisotopic (exact) mass is 614 g/mol. The van der Waals surface area contributed by atoms with Crippen LogP contribution >= 0.6 is 11.6 Å². The number of benzene rings is 1. The van der Waals surface area contributed by atoms with Crippen LogP contribution in [0, 0.1) is 23.1 Å². The van der Waals surface area contributed by atoms with Gasteiger partial charge in [0.1, 0.15) is 11.4 Å². The molecule has 2 aromatic heterocycles. The summed E-state index contributed by atoms with van der Waals surface area (Å²) < 4.78 is 128. The number of nitrogens with one attached hydrogen (secondary N) is 1. The summed E-state index contributed by atoms with van der Waals surface area (Å²) in [6.45, 7) is 0.0247. The highest BCUT2D eigenvalue weighted by molar-refractivity contribution is 6.34. The zero-order chi connectivity index (χ0) is 30.7. The Morgan fingerprint density at radius 2 is 1.83 bits per heavy atom. The molecule has 0 radical (unpaired) electrons. The maximum atomic E-state index is 14.8. The van der Waals surface area contributed by atoms with Crippen LogP contribution in [0.1, 0.15) is 35.7 Å². The molecule has 0 saturated heterocycles. The van der Waals surface area contributed by atoms with Gasteiger partial charge < -0.3 is 10.1 Å². The average molecular weight is 615 g/mol. The number of amides is 1. The highest BCUT2D eigenvalue weighted by Crippen LogP contribution is 2.45. The van der Waals surface area contributed by atoms with Gasteiger partial charge in [-0.15, -0.1) is 5.10 Å². The van der Waals surface area contributed by atoms with Crippen LogP contribution < -0.4 is 10.1 Å². The van der Waals surface area contributed by atoms with Gasteiger partial charge in [0.05, 0.1) is 22.9 Å². The molecule has 41 heavy (non-hydrogen) atoms. The van der Waals surface area contributed by atoms with E-state index in [1.165, 1.54) is 0 Å². The molecule has 0 bridgehead atoms. The van der Waals surface area contributed by atoms with Gasteiger partial charge in [0.25, 0.3) is 11.8 Å². The summed E-state index contributed by atoms with van der Waals surface area (Å²) in [5, 5.41) is 18.2. The second kappa shape index (κ2) is 9.86. The van der Waals surface area contributed by atoms with Crippen LogP contribution in [0.5, 0.6) is 5.88 Å². The number of nitrogens with zero attached hydrogens (tertiary/aromatic N) is 5. The number of ether oxygens (including phenoxy) is 1. The summed E-state index contributed by atoms with van der Waals surface area (Å²) in [6.07, 6.45) is -13.6. The molecule has 3 aromatic rings. The minimum Gasteiger partial charge on any atom is -0.412 e. The Morgan fingerprint density at radius 3 is 2.37 bits per heavy atom. The average Bonchev–Trinajstić information content (AvgIpc) is 3.29. The lowest BCUT2D eigenvalue weighted by atomic mass is 10.0. The van der Waals surface area contributed by atoms with Crippen LogP contribution in [0.3, 0.4) is 0 Å². The van der Waals surface area contributed by atoms with Crippen molar-refractivity contribution in [3.8, 4) is 28.9 Å². The second-order valence-corrected chi connectivity index (χ2v) is 9.59. The predicted octanol–water partition coefficient (Wildman–Crippen LogP) is 6.04. The first-order chi connectivity index (χ1) is 18.8. The van der Waals surface area contributed by atoms with E-state index in [4.69, 9.17) is 11.6 Å². The van der Waals surface area contributed by atoms with Crippen molar-refractivity contribution in [2.75, 3.05) is 0 Å². The van der Waals surface area contributed by atoms with Crippen LogP contribution in [-0.4, -0.2) is 43.3 Å². The van der Waals surface area contributed by atoms with Crippen molar-refractivity contribution >= 4 is 17.5 Å². The SMILES string of the molecule is CC(C(F)(F)F)C(F)(F)Oc1nn(C)c(-n2cc(-c3cc(C(=O)NC4(C#N)CC4)c(Cl)cc3F)cn2)c1C(F)(F)F. The van der Waals surface area contributed by atoms with E-state index >= 15 is 0 Å². The number of nitriles is 1. The molecular formula is C23H16ClF9N6O2. The third kappa shape index (κ3) is 5.78. The highest BCUT2D eigenvalue weighted by Gasteiger charge is 2.56. The third-order valence-corrected chi connectivity index (χ3v) is 6.54. The van der Waals surface area contributed by atoms with Crippen molar-refractivity contribution in [2.45, 2.75) is 43.8 Å². The van der Waals surface area contributed by atoms with Crippen LogP contribution in [-0.2, 0) is 13.2 Å². The van der Waals surface area contributed by atoms with Crippen molar-refractivity contribution in [3.63, 3.8) is 0 Å². The van der Waals surface area contributed by atoms with E-state index in [-0.39, 0.29) is 28.6 Å². The van der Waals surface area contributed by atoms with Gasteiger partial charge in [-0.25, -0.2) is 13.8 Å². The molecule has 1 aliphatic rings. The maximum Gasteiger partial charge on any atom is 0.425 e. The molecule has 0 aliphatic heterocycles. The smallest absolute Gasteiger partial charge is 0.412 e. The summed E-state index contributed by atoms with van der Waals surface area (Å²) >= 11 is 5.99. The summed E-state index contributed by atoms with van der Waals surface area (Å²) in [6, 6.07) is 3.66. The molecule has 1 atom stereocenters. The quantitative estimate of drug-likeness (QED) is 0.327. The Bertz CT molecular complexity index is 1550. The molecule has 2 heterocycles. The van der Waals surface area contributed by atoms with E-state index in [1.807, 2.05) is 6.07 Å². The molecule has 1 fully saturated rings. The molecule has 0 spiro atoms. The standard InChI is InChI=1S/C23H16ClF9N6O2/c1-10(21(26,27)28)23(32,33)41-18-16(22(29,30)31)19(38(2)37-18)39-8-11(7-35-39)12-5-13(14(24)6-15(12)25)17(40)36-20(9-34)3-4-20/h5-8,10H,3-4H2,1-2H3,(H,36,40). The van der Waals surface area contributed by atoms with E-state index in [0.29, 0.717) is 22.2 Å². The van der Waals surface area contributed by atoms with Gasteiger partial charge in [0.2, 0.25) is 0 Å². The van der Waals surface area contributed by atoms with Gasteiger partial charge in [-0.1, -0.05) is 11.6 Å². The van der Waals surface area contributed by atoms with Gasteiger partial charge in [0.15, 0.2) is 17.3 Å². The lowest BCUT2D eigenvalue weighted by Gasteiger charge is -2.25. The van der Waals surface area contributed by atoms with Gasteiger partial charge in [-0.2, -0.15) is 45.5 Å². The van der Waals surface area contributed by atoms with Gasteiger partial charge in [0, 0.05) is 24.4 Å². The lowest BCUT2D eigenvalue weighted by molar-refractivity contribution is -0.300. The summed E-state index contributed by atoms with van der Waals surface area (Å²) in [5.74, 6) is -8.22. The molecule has 1 N–H and O–H groups in total. The fourth-order valence-corrected chi connectivity index (χ4v) is 3.91. The Morgan fingerprint density at radius 1 is 1.20 bits per heavy atom. The second-order valence-electron chi connectivity index (χ2n) is 9.19. The first kappa shape index (κ1) is 30.0. The largest absolute Gasteiger partial charge is 0.425 e. The first-order valence-electron chi connectivity index (χ1n) is 11.4. The molecule has 4 rings (SSSR count). The van der Waals surface area contributed by atoms with E-state index < -0.39 is 58.9 Å². The number of hydrogen-bond donors (Lipinski definition) is 1. The zero-order valence-corrected chi connectivity index (χ0v) is 21.4. The highest BCUT2D eigenvalue weighted by atomic mass is 35.5.